The van der Waals surface area contributed by atoms with Crippen LogP contribution in [0.1, 0.15) is 22.3 Å². The zero-order chi connectivity index (χ0) is 14.6. The van der Waals surface area contributed by atoms with Crippen molar-refractivity contribution in [3.63, 3.8) is 0 Å². The van der Waals surface area contributed by atoms with Crippen LogP contribution in [0.3, 0.4) is 0 Å². The highest BCUT2D eigenvalue weighted by molar-refractivity contribution is 7.91. The Bertz CT molecular complexity index is 584. The van der Waals surface area contributed by atoms with Gasteiger partial charge in [0.15, 0.2) is 9.84 Å². The predicted molar refractivity (Wildman–Crippen MR) is 78.4 cm³/mol. The van der Waals surface area contributed by atoms with Crippen molar-refractivity contribution in [3.05, 3.63) is 35.4 Å². The van der Waals surface area contributed by atoms with Crippen LogP contribution in [0.25, 0.3) is 0 Å². The van der Waals surface area contributed by atoms with Crippen LogP contribution in [-0.2, 0) is 16.3 Å². The van der Waals surface area contributed by atoms with Crippen molar-refractivity contribution in [3.8, 4) is 0 Å². The van der Waals surface area contributed by atoms with Crippen LogP contribution in [-0.4, -0.2) is 50.4 Å². The Hall–Kier alpha value is -1.40. The lowest BCUT2D eigenvalue weighted by Gasteiger charge is -2.21. The van der Waals surface area contributed by atoms with Crippen molar-refractivity contribution in [2.75, 3.05) is 31.1 Å². The van der Waals surface area contributed by atoms with Crippen LogP contribution in [0.2, 0.25) is 0 Å². The van der Waals surface area contributed by atoms with E-state index in [-0.39, 0.29) is 24.0 Å². The average molecular weight is 296 g/mol. The van der Waals surface area contributed by atoms with Crippen molar-refractivity contribution in [2.24, 2.45) is 5.73 Å². The molecule has 2 rings (SSSR count). The lowest BCUT2D eigenvalue weighted by molar-refractivity contribution is 0.0767. The zero-order valence-electron chi connectivity index (χ0n) is 11.4. The number of carbonyl (C=O) groups is 1. The van der Waals surface area contributed by atoms with Gasteiger partial charge >= 0.3 is 0 Å². The number of benzene rings is 1. The van der Waals surface area contributed by atoms with Crippen LogP contribution in [0.4, 0.5) is 0 Å². The smallest absolute Gasteiger partial charge is 0.254 e. The minimum absolute atomic E-state index is 0.0534. The van der Waals surface area contributed by atoms with Crippen molar-refractivity contribution in [2.45, 2.75) is 12.8 Å². The molecule has 0 aromatic heterocycles. The number of hydrogen-bond acceptors (Lipinski definition) is 4. The van der Waals surface area contributed by atoms with Crippen molar-refractivity contribution in [1.82, 2.24) is 4.90 Å². The molecule has 20 heavy (non-hydrogen) atoms. The van der Waals surface area contributed by atoms with Gasteiger partial charge in [0, 0.05) is 18.7 Å². The summed E-state index contributed by atoms with van der Waals surface area (Å²) in [6.07, 6.45) is 1.15. The highest BCUT2D eigenvalue weighted by Crippen LogP contribution is 2.14. The molecule has 0 bridgehead atoms. The molecule has 0 atom stereocenters. The lowest BCUT2D eigenvalue weighted by Crippen LogP contribution is -2.34. The van der Waals surface area contributed by atoms with Gasteiger partial charge in [-0.15, -0.1) is 0 Å². The third-order valence-electron chi connectivity index (χ3n) is 3.50. The Morgan fingerprint density at radius 3 is 2.70 bits per heavy atom. The Balaban J connectivity index is 2.19. The first kappa shape index (κ1) is 15.0. The molecule has 0 unspecified atom stereocenters. The van der Waals surface area contributed by atoms with Crippen molar-refractivity contribution < 1.29 is 13.2 Å². The number of nitrogens with two attached hydrogens (primary N) is 1. The van der Waals surface area contributed by atoms with Crippen LogP contribution in [0.5, 0.6) is 0 Å². The Kier molecular flexibility index (Phi) is 4.77. The number of amides is 1. The van der Waals surface area contributed by atoms with Gasteiger partial charge in [0.25, 0.3) is 5.91 Å². The van der Waals surface area contributed by atoms with Crippen molar-refractivity contribution in [1.29, 1.82) is 0 Å². The van der Waals surface area contributed by atoms with E-state index >= 15 is 0 Å². The number of hydrogen-bond donors (Lipinski definition) is 1. The van der Waals surface area contributed by atoms with Gasteiger partial charge < -0.3 is 10.6 Å². The summed E-state index contributed by atoms with van der Waals surface area (Å²) in [5, 5.41) is 0. The normalized spacial score (nSPS) is 18.6. The number of carbonyl (C=O) groups excluding carboxylic acids is 1. The van der Waals surface area contributed by atoms with Gasteiger partial charge in [-0.25, -0.2) is 8.42 Å². The van der Waals surface area contributed by atoms with Crippen LogP contribution in [0.15, 0.2) is 24.3 Å². The van der Waals surface area contributed by atoms with E-state index in [1.54, 1.807) is 11.0 Å². The molecule has 0 radical (unpaired) electrons. The van der Waals surface area contributed by atoms with Crippen LogP contribution < -0.4 is 5.73 Å². The minimum Gasteiger partial charge on any atom is -0.338 e. The molecule has 1 fully saturated rings. The topological polar surface area (TPSA) is 80.5 Å². The standard InChI is InChI=1S/C14H20N2O3S/c15-7-6-12-4-1-2-5-13(12)14(17)16-8-3-10-20(18,19)11-9-16/h1-2,4-5H,3,6-11,15H2. The molecule has 6 heteroatoms. The summed E-state index contributed by atoms with van der Waals surface area (Å²) in [4.78, 5) is 14.2. The fraction of sp³-hybridized carbons (Fsp3) is 0.500. The average Bonchev–Trinajstić information content (AvgIpc) is 2.60. The van der Waals surface area contributed by atoms with Gasteiger partial charge in [-0.1, -0.05) is 18.2 Å². The summed E-state index contributed by atoms with van der Waals surface area (Å²) in [6, 6.07) is 7.39. The third-order valence-corrected chi connectivity index (χ3v) is 5.22. The third kappa shape index (κ3) is 3.58. The Morgan fingerprint density at radius 1 is 1.20 bits per heavy atom. The van der Waals surface area contributed by atoms with E-state index in [0.717, 1.165) is 5.56 Å². The fourth-order valence-electron chi connectivity index (χ4n) is 2.41. The Morgan fingerprint density at radius 2 is 1.95 bits per heavy atom. The molecular weight excluding hydrogens is 276 g/mol. The summed E-state index contributed by atoms with van der Waals surface area (Å²) >= 11 is 0. The zero-order valence-corrected chi connectivity index (χ0v) is 12.2. The number of nitrogens with zero attached hydrogens (tertiary/aromatic N) is 1. The van der Waals surface area contributed by atoms with Crippen molar-refractivity contribution >= 4 is 15.7 Å². The van der Waals surface area contributed by atoms with Gasteiger partial charge in [0.2, 0.25) is 0 Å². The molecule has 1 aromatic rings. The molecule has 0 saturated carbocycles. The minimum atomic E-state index is -3.00. The van der Waals surface area contributed by atoms with Gasteiger partial charge in [-0.2, -0.15) is 0 Å². The molecule has 1 aromatic carbocycles. The molecule has 1 aliphatic heterocycles. The first-order chi connectivity index (χ1) is 9.53. The molecule has 1 heterocycles. The summed E-state index contributed by atoms with van der Waals surface area (Å²) in [5.41, 5.74) is 7.12. The van der Waals surface area contributed by atoms with Gasteiger partial charge in [-0.3, -0.25) is 4.79 Å². The number of rotatable bonds is 3. The van der Waals surface area contributed by atoms with Gasteiger partial charge in [0.05, 0.1) is 11.5 Å². The Labute approximate surface area is 119 Å². The predicted octanol–water partition coefficient (Wildman–Crippen LogP) is 0.449. The highest BCUT2D eigenvalue weighted by atomic mass is 32.2. The van der Waals surface area contributed by atoms with E-state index in [1.165, 1.54) is 0 Å². The van der Waals surface area contributed by atoms with E-state index in [2.05, 4.69) is 0 Å². The molecule has 0 spiro atoms. The second-order valence-corrected chi connectivity index (χ2v) is 7.30. The first-order valence-electron chi connectivity index (χ1n) is 6.81. The monoisotopic (exact) mass is 296 g/mol. The molecule has 110 valence electrons. The highest BCUT2D eigenvalue weighted by Gasteiger charge is 2.24. The summed E-state index contributed by atoms with van der Waals surface area (Å²) in [6.45, 7) is 1.26. The molecule has 5 nitrogen and oxygen atoms in total. The summed E-state index contributed by atoms with van der Waals surface area (Å²) < 4.78 is 23.2. The fourth-order valence-corrected chi connectivity index (χ4v) is 3.69. The first-order valence-corrected chi connectivity index (χ1v) is 8.63. The maximum Gasteiger partial charge on any atom is 0.254 e. The second kappa shape index (κ2) is 6.37. The largest absolute Gasteiger partial charge is 0.338 e. The maximum atomic E-state index is 12.5. The van der Waals surface area contributed by atoms with Crippen LogP contribution >= 0.6 is 0 Å². The summed E-state index contributed by atoms with van der Waals surface area (Å²) in [7, 11) is -3.00. The lowest BCUT2D eigenvalue weighted by atomic mass is 10.0. The van der Waals surface area contributed by atoms with E-state index in [9.17, 15) is 13.2 Å². The SMILES string of the molecule is NCCc1ccccc1C(=O)N1CCCS(=O)(=O)CC1. The molecule has 2 N–H and O–H groups in total. The number of sulfone groups is 1. The molecule has 1 aliphatic rings. The quantitative estimate of drug-likeness (QED) is 0.878. The van der Waals surface area contributed by atoms with E-state index in [4.69, 9.17) is 5.73 Å². The second-order valence-electron chi connectivity index (χ2n) is 4.99. The van der Waals surface area contributed by atoms with E-state index in [1.807, 2.05) is 18.2 Å². The van der Waals surface area contributed by atoms with Gasteiger partial charge in [-0.05, 0) is 31.0 Å². The van der Waals surface area contributed by atoms with E-state index < -0.39 is 9.84 Å². The van der Waals surface area contributed by atoms with E-state index in [0.29, 0.717) is 31.5 Å². The molecule has 1 amide bonds. The molecule has 0 aliphatic carbocycles. The van der Waals surface area contributed by atoms with Gasteiger partial charge in [0.1, 0.15) is 0 Å². The van der Waals surface area contributed by atoms with Crippen LogP contribution in [0, 0.1) is 0 Å². The molecule has 1 saturated heterocycles. The maximum absolute atomic E-state index is 12.5. The summed E-state index contributed by atoms with van der Waals surface area (Å²) in [5.74, 6) is 0.130. The molecular formula is C14H20N2O3S.